The normalized spacial score (nSPS) is 12.6. The summed E-state index contributed by atoms with van der Waals surface area (Å²) in [4.78, 5) is 24.6. The lowest BCUT2D eigenvalue weighted by Crippen LogP contribution is -2.42. The minimum absolute atomic E-state index is 0.0945. The van der Waals surface area contributed by atoms with Crippen molar-refractivity contribution >= 4 is 11.9 Å². The molecule has 1 amide bonds. The highest BCUT2D eigenvalue weighted by molar-refractivity contribution is 5.78. The van der Waals surface area contributed by atoms with E-state index in [-0.39, 0.29) is 31.0 Å². The first kappa shape index (κ1) is 17.2. The van der Waals surface area contributed by atoms with Crippen molar-refractivity contribution in [2.75, 3.05) is 13.1 Å². The third-order valence-electron chi connectivity index (χ3n) is 3.26. The molecule has 0 spiro atoms. The molecule has 0 bridgehead atoms. The molecule has 6 heteroatoms. The summed E-state index contributed by atoms with van der Waals surface area (Å²) in [5.74, 6) is -0.192. The van der Waals surface area contributed by atoms with Crippen molar-refractivity contribution in [2.45, 2.75) is 45.7 Å². The first-order valence-corrected chi connectivity index (χ1v) is 7.18. The van der Waals surface area contributed by atoms with Crippen LogP contribution >= 0.6 is 0 Å². The Balaban J connectivity index is 2.43. The number of rotatable bonds is 9. The fourth-order valence-electron chi connectivity index (χ4n) is 2.03. The summed E-state index contributed by atoms with van der Waals surface area (Å²) in [7, 11) is 0. The Kier molecular flexibility index (Phi) is 6.94. The molecule has 0 aliphatic heterocycles. The lowest BCUT2D eigenvalue weighted by atomic mass is 10.2. The molecular formula is C15H24N2O4. The summed E-state index contributed by atoms with van der Waals surface area (Å²) in [5.41, 5.74) is 0. The van der Waals surface area contributed by atoms with Crippen molar-refractivity contribution in [3.63, 3.8) is 0 Å². The van der Waals surface area contributed by atoms with E-state index in [2.05, 4.69) is 5.32 Å². The predicted octanol–water partition coefficient (Wildman–Crippen LogP) is 2.03. The van der Waals surface area contributed by atoms with Crippen LogP contribution in [0.3, 0.4) is 0 Å². The van der Waals surface area contributed by atoms with Gasteiger partial charge in [0.25, 0.3) is 0 Å². The second-order valence-electron chi connectivity index (χ2n) is 5.37. The maximum absolute atomic E-state index is 12.0. The molecule has 0 aliphatic rings. The first-order valence-electron chi connectivity index (χ1n) is 7.18. The molecule has 0 aromatic carbocycles. The van der Waals surface area contributed by atoms with Gasteiger partial charge in [-0.05, 0) is 45.9 Å². The summed E-state index contributed by atoms with van der Waals surface area (Å²) >= 11 is 0. The van der Waals surface area contributed by atoms with Crippen molar-refractivity contribution in [2.24, 2.45) is 0 Å². The number of nitrogens with one attached hydrogen (secondary N) is 1. The summed E-state index contributed by atoms with van der Waals surface area (Å²) in [6.45, 7) is 6.68. The average molecular weight is 296 g/mol. The highest BCUT2D eigenvalue weighted by atomic mass is 16.4. The van der Waals surface area contributed by atoms with Crippen LogP contribution in [-0.2, 0) is 9.59 Å². The fourth-order valence-corrected chi connectivity index (χ4v) is 2.03. The number of hydrogen-bond acceptors (Lipinski definition) is 4. The van der Waals surface area contributed by atoms with E-state index in [1.807, 2.05) is 31.7 Å². The van der Waals surface area contributed by atoms with Crippen molar-refractivity contribution < 1.29 is 19.1 Å². The van der Waals surface area contributed by atoms with Crippen molar-refractivity contribution in [1.29, 1.82) is 0 Å². The molecule has 0 saturated carbocycles. The van der Waals surface area contributed by atoms with Crippen LogP contribution in [0.15, 0.2) is 22.8 Å². The zero-order valence-electron chi connectivity index (χ0n) is 12.8. The van der Waals surface area contributed by atoms with E-state index in [1.54, 1.807) is 12.3 Å². The average Bonchev–Trinajstić information content (AvgIpc) is 2.90. The molecule has 0 aliphatic carbocycles. The van der Waals surface area contributed by atoms with Gasteiger partial charge in [-0.1, -0.05) is 0 Å². The SMILES string of the molecule is CC(NC(=O)CN(CCCC(=O)O)C(C)C)c1ccco1. The number of hydrogen-bond donors (Lipinski definition) is 2. The van der Waals surface area contributed by atoms with Crippen LogP contribution in [0.5, 0.6) is 0 Å². The minimum atomic E-state index is -0.811. The topological polar surface area (TPSA) is 82.8 Å². The Bertz CT molecular complexity index is 443. The predicted molar refractivity (Wildman–Crippen MR) is 78.8 cm³/mol. The lowest BCUT2D eigenvalue weighted by molar-refractivity contribution is -0.137. The van der Waals surface area contributed by atoms with Crippen molar-refractivity contribution in [1.82, 2.24) is 10.2 Å². The molecule has 1 atom stereocenters. The van der Waals surface area contributed by atoms with Crippen LogP contribution in [-0.4, -0.2) is 41.0 Å². The number of carbonyl (C=O) groups is 2. The fraction of sp³-hybridized carbons (Fsp3) is 0.600. The molecule has 1 aromatic heterocycles. The molecule has 1 aromatic rings. The second-order valence-corrected chi connectivity index (χ2v) is 5.37. The third kappa shape index (κ3) is 6.44. The van der Waals surface area contributed by atoms with E-state index >= 15 is 0 Å². The van der Waals surface area contributed by atoms with Crippen molar-refractivity contribution in [3.8, 4) is 0 Å². The van der Waals surface area contributed by atoms with Crippen LogP contribution in [0.2, 0.25) is 0 Å². The van der Waals surface area contributed by atoms with Crippen molar-refractivity contribution in [3.05, 3.63) is 24.2 Å². The number of carboxylic acids is 1. The van der Waals surface area contributed by atoms with Gasteiger partial charge in [0, 0.05) is 12.5 Å². The number of amides is 1. The quantitative estimate of drug-likeness (QED) is 0.728. The molecule has 1 rings (SSSR count). The van der Waals surface area contributed by atoms with Gasteiger partial charge in [-0.25, -0.2) is 0 Å². The van der Waals surface area contributed by atoms with E-state index in [0.717, 1.165) is 0 Å². The Morgan fingerprint density at radius 1 is 1.38 bits per heavy atom. The molecule has 0 radical (unpaired) electrons. The molecule has 0 saturated heterocycles. The minimum Gasteiger partial charge on any atom is -0.481 e. The second kappa shape index (κ2) is 8.46. The monoisotopic (exact) mass is 296 g/mol. The van der Waals surface area contributed by atoms with Crippen LogP contribution in [0, 0.1) is 0 Å². The highest BCUT2D eigenvalue weighted by Crippen LogP contribution is 2.12. The highest BCUT2D eigenvalue weighted by Gasteiger charge is 2.17. The number of nitrogens with zero attached hydrogens (tertiary/aromatic N) is 1. The first-order chi connectivity index (χ1) is 9.90. The Morgan fingerprint density at radius 3 is 2.62 bits per heavy atom. The maximum Gasteiger partial charge on any atom is 0.303 e. The van der Waals surface area contributed by atoms with Gasteiger partial charge in [0.2, 0.25) is 5.91 Å². The molecule has 6 nitrogen and oxygen atoms in total. The van der Waals surface area contributed by atoms with E-state index in [9.17, 15) is 9.59 Å². The zero-order chi connectivity index (χ0) is 15.8. The number of carboxylic acid groups (broad SMARTS) is 1. The van der Waals surface area contributed by atoms with Crippen LogP contribution < -0.4 is 5.32 Å². The number of carbonyl (C=O) groups excluding carboxylic acids is 1. The molecule has 21 heavy (non-hydrogen) atoms. The van der Waals surface area contributed by atoms with Gasteiger partial charge in [0.05, 0.1) is 18.8 Å². The number of furan rings is 1. The standard InChI is InChI=1S/C15H24N2O4/c1-11(2)17(8-4-7-15(19)20)10-14(18)16-12(3)13-6-5-9-21-13/h5-6,9,11-12H,4,7-8,10H2,1-3H3,(H,16,18)(H,19,20). The van der Waals surface area contributed by atoms with Gasteiger partial charge in [-0.15, -0.1) is 0 Å². The smallest absolute Gasteiger partial charge is 0.303 e. The lowest BCUT2D eigenvalue weighted by Gasteiger charge is -2.26. The molecule has 118 valence electrons. The Morgan fingerprint density at radius 2 is 2.10 bits per heavy atom. The van der Waals surface area contributed by atoms with Gasteiger partial charge in [0.15, 0.2) is 0 Å². The summed E-state index contributed by atoms with van der Waals surface area (Å²) < 4.78 is 5.25. The summed E-state index contributed by atoms with van der Waals surface area (Å²) in [6, 6.07) is 3.60. The van der Waals surface area contributed by atoms with Gasteiger partial charge in [0.1, 0.15) is 5.76 Å². The number of aliphatic carboxylic acids is 1. The van der Waals surface area contributed by atoms with E-state index in [0.29, 0.717) is 18.7 Å². The molecule has 2 N–H and O–H groups in total. The van der Waals surface area contributed by atoms with Crippen LogP contribution in [0.4, 0.5) is 0 Å². The molecule has 1 heterocycles. The Hall–Kier alpha value is -1.82. The van der Waals surface area contributed by atoms with Crippen LogP contribution in [0.25, 0.3) is 0 Å². The molecular weight excluding hydrogens is 272 g/mol. The summed E-state index contributed by atoms with van der Waals surface area (Å²) in [5, 5.41) is 11.5. The molecule has 0 fully saturated rings. The van der Waals surface area contributed by atoms with E-state index in [4.69, 9.17) is 9.52 Å². The maximum atomic E-state index is 12.0. The van der Waals surface area contributed by atoms with Gasteiger partial charge in [-0.2, -0.15) is 0 Å². The zero-order valence-corrected chi connectivity index (χ0v) is 12.8. The largest absolute Gasteiger partial charge is 0.481 e. The van der Waals surface area contributed by atoms with Gasteiger partial charge < -0.3 is 14.8 Å². The third-order valence-corrected chi connectivity index (χ3v) is 3.26. The van der Waals surface area contributed by atoms with Gasteiger partial charge >= 0.3 is 5.97 Å². The van der Waals surface area contributed by atoms with E-state index < -0.39 is 5.97 Å². The Labute approximate surface area is 125 Å². The van der Waals surface area contributed by atoms with Crippen LogP contribution in [0.1, 0.15) is 45.4 Å². The molecule has 1 unspecified atom stereocenters. The summed E-state index contributed by atoms with van der Waals surface area (Å²) in [6.07, 6.45) is 2.23. The van der Waals surface area contributed by atoms with E-state index in [1.165, 1.54) is 0 Å². The van der Waals surface area contributed by atoms with Gasteiger partial charge in [-0.3, -0.25) is 14.5 Å².